The molecule has 8 nitrogen and oxygen atoms in total. The van der Waals surface area contributed by atoms with Crippen molar-refractivity contribution in [2.45, 2.75) is 51.5 Å². The molecule has 4 amide bonds. The second-order valence-corrected chi connectivity index (χ2v) is 10.5. The Labute approximate surface area is 216 Å². The van der Waals surface area contributed by atoms with Gasteiger partial charge >= 0.3 is 6.03 Å². The SMILES string of the molecule is Cc1cccc(NC(=O)N[C@@H]2COc3ccc(F)cc3N(CC(=O)N3CCCC4(CCCC4)C3)C2=O)c1. The summed E-state index contributed by atoms with van der Waals surface area (Å²) >= 11 is 0. The molecular formula is C28H33FN4O4. The molecule has 0 unspecified atom stereocenters. The number of aryl methyl sites for hydroxylation is 1. The Morgan fingerprint density at radius 2 is 1.89 bits per heavy atom. The fourth-order valence-electron chi connectivity index (χ4n) is 5.88. The van der Waals surface area contributed by atoms with Crippen molar-refractivity contribution in [2.24, 2.45) is 5.41 Å². The highest BCUT2D eigenvalue weighted by Gasteiger charge is 2.40. The summed E-state index contributed by atoms with van der Waals surface area (Å²) < 4.78 is 20.0. The van der Waals surface area contributed by atoms with Crippen LogP contribution in [0.15, 0.2) is 42.5 Å². The van der Waals surface area contributed by atoms with E-state index in [4.69, 9.17) is 4.74 Å². The van der Waals surface area contributed by atoms with Gasteiger partial charge in [-0.25, -0.2) is 9.18 Å². The number of nitrogens with one attached hydrogen (secondary N) is 2. The van der Waals surface area contributed by atoms with E-state index in [2.05, 4.69) is 10.6 Å². The molecule has 2 aromatic carbocycles. The second kappa shape index (κ2) is 10.4. The van der Waals surface area contributed by atoms with Gasteiger partial charge in [-0.3, -0.25) is 14.5 Å². The van der Waals surface area contributed by atoms with Crippen LogP contribution >= 0.6 is 0 Å². The van der Waals surface area contributed by atoms with Gasteiger partial charge in [-0.2, -0.15) is 0 Å². The maximum atomic E-state index is 14.2. The van der Waals surface area contributed by atoms with Crippen LogP contribution in [0.4, 0.5) is 20.6 Å². The third kappa shape index (κ3) is 5.55. The highest BCUT2D eigenvalue weighted by atomic mass is 19.1. The van der Waals surface area contributed by atoms with Crippen LogP contribution in [0, 0.1) is 18.2 Å². The van der Waals surface area contributed by atoms with Crippen LogP contribution in [-0.2, 0) is 9.59 Å². The van der Waals surface area contributed by atoms with Crippen molar-refractivity contribution in [1.82, 2.24) is 10.2 Å². The van der Waals surface area contributed by atoms with Gasteiger partial charge in [0.25, 0.3) is 5.91 Å². The lowest BCUT2D eigenvalue weighted by molar-refractivity contribution is -0.134. The first-order valence-electron chi connectivity index (χ1n) is 13.0. The number of carbonyl (C=O) groups is 3. The number of fused-ring (bicyclic) bond motifs is 1. The molecule has 5 rings (SSSR count). The number of benzene rings is 2. The molecule has 1 spiro atoms. The second-order valence-electron chi connectivity index (χ2n) is 10.5. The molecule has 1 aliphatic carbocycles. The number of urea groups is 1. The minimum atomic E-state index is -1.06. The van der Waals surface area contributed by atoms with Crippen LogP contribution in [-0.4, -0.2) is 55.0 Å². The summed E-state index contributed by atoms with van der Waals surface area (Å²) in [6.45, 7) is 2.87. The average molecular weight is 509 g/mol. The van der Waals surface area contributed by atoms with Crippen molar-refractivity contribution in [3.8, 4) is 5.75 Å². The summed E-state index contributed by atoms with van der Waals surface area (Å²) in [7, 11) is 0. The van der Waals surface area contributed by atoms with E-state index >= 15 is 0 Å². The van der Waals surface area contributed by atoms with Crippen molar-refractivity contribution < 1.29 is 23.5 Å². The number of ether oxygens (including phenoxy) is 1. The van der Waals surface area contributed by atoms with E-state index in [9.17, 15) is 18.8 Å². The number of hydrogen-bond donors (Lipinski definition) is 2. The third-order valence-corrected chi connectivity index (χ3v) is 7.73. The van der Waals surface area contributed by atoms with Gasteiger partial charge in [-0.1, -0.05) is 25.0 Å². The van der Waals surface area contributed by atoms with Gasteiger partial charge in [0.05, 0.1) is 5.69 Å². The minimum absolute atomic E-state index is 0.143. The number of nitrogens with zero attached hydrogens (tertiary/aromatic N) is 2. The summed E-state index contributed by atoms with van der Waals surface area (Å²) in [6.07, 6.45) is 6.70. The van der Waals surface area contributed by atoms with Crippen LogP contribution in [0.5, 0.6) is 5.75 Å². The lowest BCUT2D eigenvalue weighted by Gasteiger charge is -2.41. The highest BCUT2D eigenvalue weighted by molar-refractivity contribution is 6.05. The first-order valence-corrected chi connectivity index (χ1v) is 13.0. The number of hydrogen-bond acceptors (Lipinski definition) is 4. The number of carbonyl (C=O) groups excluding carboxylic acids is 3. The smallest absolute Gasteiger partial charge is 0.320 e. The zero-order valence-corrected chi connectivity index (χ0v) is 21.1. The van der Waals surface area contributed by atoms with Crippen LogP contribution in [0.25, 0.3) is 0 Å². The molecule has 0 bridgehead atoms. The Bertz CT molecular complexity index is 1200. The van der Waals surface area contributed by atoms with E-state index in [1.807, 2.05) is 30.0 Å². The minimum Gasteiger partial charge on any atom is -0.489 e. The van der Waals surface area contributed by atoms with Crippen molar-refractivity contribution >= 4 is 29.2 Å². The molecule has 3 aliphatic rings. The Balaban J connectivity index is 1.34. The maximum absolute atomic E-state index is 14.2. The van der Waals surface area contributed by atoms with Crippen LogP contribution in [0.3, 0.4) is 0 Å². The van der Waals surface area contributed by atoms with E-state index in [1.165, 1.54) is 35.9 Å². The van der Waals surface area contributed by atoms with Gasteiger partial charge in [0.2, 0.25) is 5.91 Å². The molecule has 2 heterocycles. The molecule has 2 fully saturated rings. The largest absolute Gasteiger partial charge is 0.489 e. The molecule has 1 saturated heterocycles. The first-order chi connectivity index (χ1) is 17.8. The van der Waals surface area contributed by atoms with Gasteiger partial charge in [-0.05, 0) is 67.9 Å². The Morgan fingerprint density at radius 1 is 1.11 bits per heavy atom. The van der Waals surface area contributed by atoms with Gasteiger partial charge in [-0.15, -0.1) is 0 Å². The summed E-state index contributed by atoms with van der Waals surface area (Å²) in [5, 5.41) is 5.39. The van der Waals surface area contributed by atoms with Crippen LogP contribution in [0.1, 0.15) is 44.1 Å². The molecular weight excluding hydrogens is 475 g/mol. The molecule has 37 heavy (non-hydrogen) atoms. The van der Waals surface area contributed by atoms with E-state index in [1.54, 1.807) is 6.07 Å². The quantitative estimate of drug-likeness (QED) is 0.647. The lowest BCUT2D eigenvalue weighted by Crippen LogP contribution is -2.54. The number of likely N-dealkylation sites (tertiary alicyclic amines) is 1. The monoisotopic (exact) mass is 508 g/mol. The zero-order chi connectivity index (χ0) is 26.0. The van der Waals surface area contributed by atoms with Crippen LogP contribution in [0.2, 0.25) is 0 Å². The molecule has 2 N–H and O–H groups in total. The summed E-state index contributed by atoms with van der Waals surface area (Å²) in [4.78, 5) is 42.9. The fraction of sp³-hybridized carbons (Fsp3) is 0.464. The highest BCUT2D eigenvalue weighted by Crippen LogP contribution is 2.44. The molecule has 2 aromatic rings. The van der Waals surface area contributed by atoms with Gasteiger partial charge < -0.3 is 20.3 Å². The van der Waals surface area contributed by atoms with Crippen molar-refractivity contribution in [1.29, 1.82) is 0 Å². The van der Waals surface area contributed by atoms with Gasteiger partial charge in [0.1, 0.15) is 30.8 Å². The van der Waals surface area contributed by atoms with Crippen LogP contribution < -0.4 is 20.3 Å². The molecule has 0 aromatic heterocycles. The summed E-state index contributed by atoms with van der Waals surface area (Å²) in [5.41, 5.74) is 1.94. The van der Waals surface area contributed by atoms with E-state index in [0.29, 0.717) is 18.8 Å². The normalized spacial score (nSPS) is 20.7. The van der Waals surface area contributed by atoms with Crippen molar-refractivity contribution in [3.63, 3.8) is 0 Å². The standard InChI is InChI=1S/C28H33FN4O4/c1-19-6-4-7-21(14-19)30-27(36)31-22-17-37-24-9-8-20(29)15-23(24)33(26(22)35)16-25(34)32-13-5-12-28(18-32)10-2-3-11-28/h4,6-9,14-15,22H,2-3,5,10-13,16-18H2,1H3,(H2,30,31,36)/t22-/m1/s1. The summed E-state index contributed by atoms with van der Waals surface area (Å²) in [5.74, 6) is -0.958. The van der Waals surface area contributed by atoms with E-state index in [0.717, 1.165) is 31.2 Å². The Hall–Kier alpha value is -3.62. The number of rotatable bonds is 4. The predicted molar refractivity (Wildman–Crippen MR) is 138 cm³/mol. The number of piperidine rings is 1. The van der Waals surface area contributed by atoms with Crippen molar-refractivity contribution in [2.75, 3.05) is 36.5 Å². The van der Waals surface area contributed by atoms with Gasteiger partial charge in [0.15, 0.2) is 0 Å². The molecule has 1 atom stereocenters. The van der Waals surface area contributed by atoms with E-state index in [-0.39, 0.29) is 35.9 Å². The molecule has 0 radical (unpaired) electrons. The van der Waals surface area contributed by atoms with E-state index < -0.39 is 23.8 Å². The Morgan fingerprint density at radius 3 is 2.68 bits per heavy atom. The predicted octanol–water partition coefficient (Wildman–Crippen LogP) is 4.23. The number of halogens is 1. The zero-order valence-electron chi connectivity index (χ0n) is 21.1. The average Bonchev–Trinajstić information content (AvgIpc) is 3.27. The van der Waals surface area contributed by atoms with Gasteiger partial charge in [0, 0.05) is 24.8 Å². The molecule has 2 aliphatic heterocycles. The molecule has 196 valence electrons. The fourth-order valence-corrected chi connectivity index (χ4v) is 5.88. The topological polar surface area (TPSA) is 91.0 Å². The lowest BCUT2D eigenvalue weighted by atomic mass is 9.78. The Kier molecular flexibility index (Phi) is 7.04. The molecule has 1 saturated carbocycles. The number of anilines is 2. The van der Waals surface area contributed by atoms with Crippen molar-refractivity contribution in [3.05, 3.63) is 53.8 Å². The maximum Gasteiger partial charge on any atom is 0.320 e. The first kappa shape index (κ1) is 25.0. The summed E-state index contributed by atoms with van der Waals surface area (Å²) in [6, 6.07) is 9.54. The number of amides is 4. The molecule has 9 heteroatoms. The third-order valence-electron chi connectivity index (χ3n) is 7.73.